The molecule has 0 radical (unpaired) electrons. The van der Waals surface area contributed by atoms with Gasteiger partial charge in [-0.15, -0.1) is 0 Å². The molecule has 2 unspecified atom stereocenters. The van der Waals surface area contributed by atoms with Crippen LogP contribution in [0.4, 0.5) is 0 Å². The molecule has 1 aliphatic rings. The van der Waals surface area contributed by atoms with E-state index >= 15 is 0 Å². The zero-order chi connectivity index (χ0) is 18.2. The summed E-state index contributed by atoms with van der Waals surface area (Å²) in [6, 6.07) is 16.9. The lowest BCUT2D eigenvalue weighted by Gasteiger charge is -2.37. The zero-order valence-electron chi connectivity index (χ0n) is 15.7. The van der Waals surface area contributed by atoms with Gasteiger partial charge < -0.3 is 5.11 Å². The Morgan fingerprint density at radius 1 is 0.960 bits per heavy atom. The molecule has 2 aromatic rings. The normalized spacial score (nSPS) is 21.2. The first kappa shape index (κ1) is 18.0. The Morgan fingerprint density at radius 3 is 2.20 bits per heavy atom. The molecule has 2 atom stereocenters. The predicted octanol–water partition coefficient (Wildman–Crippen LogP) is 5.40. The molecule has 0 heterocycles. The number of hydrogen-bond donors (Lipinski definition) is 1. The van der Waals surface area contributed by atoms with Crippen molar-refractivity contribution in [3.63, 3.8) is 0 Å². The minimum atomic E-state index is -0.763. The minimum Gasteiger partial charge on any atom is -0.507 e. The highest BCUT2D eigenvalue weighted by atomic mass is 31.1. The quantitative estimate of drug-likeness (QED) is 0.735. The van der Waals surface area contributed by atoms with Crippen LogP contribution in [0.25, 0.3) is 0 Å². The highest BCUT2D eigenvalue weighted by molar-refractivity contribution is 7.75. The van der Waals surface area contributed by atoms with E-state index in [1.165, 1.54) is 10.9 Å². The molecule has 0 bridgehead atoms. The van der Waals surface area contributed by atoms with E-state index in [0.29, 0.717) is 5.75 Å². The Kier molecular flexibility index (Phi) is 4.64. The van der Waals surface area contributed by atoms with Gasteiger partial charge in [-0.3, -0.25) is 0 Å². The van der Waals surface area contributed by atoms with Crippen LogP contribution in [-0.4, -0.2) is 10.3 Å². The van der Waals surface area contributed by atoms with Crippen molar-refractivity contribution in [3.8, 4) is 5.75 Å². The predicted molar refractivity (Wildman–Crippen MR) is 111 cm³/mol. The standard InChI is InChI=1S/C23H27OP/c1-17-11-10-16-23(17,5)25(18-12-7-6-8-13-18)20-15-9-14-19(21(20)24)22(2,3)4/h6-16,24H,1-5H3. The second-order valence-electron chi connectivity index (χ2n) is 7.95. The van der Waals surface area contributed by atoms with Crippen molar-refractivity contribution in [2.75, 3.05) is 0 Å². The summed E-state index contributed by atoms with van der Waals surface area (Å²) in [5.41, 5.74) is 2.28. The number of allylic oxidation sites excluding steroid dienone is 4. The van der Waals surface area contributed by atoms with Crippen molar-refractivity contribution in [2.24, 2.45) is 0 Å². The molecular weight excluding hydrogens is 323 g/mol. The molecular formula is C23H27OP. The Labute approximate surface area is 152 Å². The fourth-order valence-corrected chi connectivity index (χ4v) is 6.50. The molecule has 1 aliphatic carbocycles. The van der Waals surface area contributed by atoms with Crippen LogP contribution in [0.3, 0.4) is 0 Å². The van der Waals surface area contributed by atoms with Gasteiger partial charge in [-0.25, -0.2) is 0 Å². The van der Waals surface area contributed by atoms with E-state index in [-0.39, 0.29) is 10.6 Å². The lowest BCUT2D eigenvalue weighted by Crippen LogP contribution is -2.31. The molecule has 0 saturated heterocycles. The van der Waals surface area contributed by atoms with Gasteiger partial charge in [-0.2, -0.15) is 0 Å². The number of benzene rings is 2. The lowest BCUT2D eigenvalue weighted by atomic mass is 9.86. The van der Waals surface area contributed by atoms with E-state index in [4.69, 9.17) is 0 Å². The van der Waals surface area contributed by atoms with Gasteiger partial charge in [-0.05, 0) is 38.1 Å². The number of phenolic OH excluding ortho intramolecular Hbond substituents is 1. The summed E-state index contributed by atoms with van der Waals surface area (Å²) in [6.07, 6.45) is 6.64. The molecule has 25 heavy (non-hydrogen) atoms. The summed E-state index contributed by atoms with van der Waals surface area (Å²) >= 11 is 0. The molecule has 2 aromatic carbocycles. The van der Waals surface area contributed by atoms with Gasteiger partial charge in [-0.1, -0.05) is 93.1 Å². The summed E-state index contributed by atoms with van der Waals surface area (Å²) < 4.78 is 0. The topological polar surface area (TPSA) is 20.2 Å². The van der Waals surface area contributed by atoms with Crippen molar-refractivity contribution >= 4 is 18.5 Å². The SMILES string of the molecule is CC1=CC=CC1(C)P(c1ccccc1)c1cccc(C(C)(C)C)c1O. The summed E-state index contributed by atoms with van der Waals surface area (Å²) in [5, 5.41) is 13.5. The van der Waals surface area contributed by atoms with Crippen LogP contribution >= 0.6 is 7.92 Å². The van der Waals surface area contributed by atoms with Crippen molar-refractivity contribution in [1.29, 1.82) is 0 Å². The molecule has 1 N–H and O–H groups in total. The fraction of sp³-hybridized carbons (Fsp3) is 0.304. The van der Waals surface area contributed by atoms with Crippen molar-refractivity contribution in [2.45, 2.75) is 45.2 Å². The first-order valence-electron chi connectivity index (χ1n) is 8.79. The molecule has 0 fully saturated rings. The largest absolute Gasteiger partial charge is 0.507 e. The third kappa shape index (κ3) is 3.18. The Morgan fingerprint density at radius 2 is 1.64 bits per heavy atom. The number of aromatic hydroxyl groups is 1. The highest BCUT2D eigenvalue weighted by Gasteiger charge is 2.39. The van der Waals surface area contributed by atoms with Crippen LogP contribution in [-0.2, 0) is 5.41 Å². The molecule has 2 heteroatoms. The number of para-hydroxylation sites is 1. The fourth-order valence-electron chi connectivity index (χ4n) is 3.48. The number of phenols is 1. The monoisotopic (exact) mass is 350 g/mol. The smallest absolute Gasteiger partial charge is 0.127 e. The molecule has 0 aliphatic heterocycles. The molecule has 130 valence electrons. The second kappa shape index (κ2) is 6.46. The zero-order valence-corrected chi connectivity index (χ0v) is 16.6. The van der Waals surface area contributed by atoms with E-state index in [1.807, 2.05) is 6.07 Å². The van der Waals surface area contributed by atoms with Gasteiger partial charge in [0.1, 0.15) is 5.75 Å². The van der Waals surface area contributed by atoms with Crippen LogP contribution in [0.2, 0.25) is 0 Å². The third-order valence-corrected chi connectivity index (χ3v) is 8.20. The maximum Gasteiger partial charge on any atom is 0.127 e. The van der Waals surface area contributed by atoms with Gasteiger partial charge in [0, 0.05) is 10.5 Å². The third-order valence-electron chi connectivity index (χ3n) is 5.11. The molecule has 0 spiro atoms. The van der Waals surface area contributed by atoms with Gasteiger partial charge >= 0.3 is 0 Å². The van der Waals surface area contributed by atoms with Crippen molar-refractivity contribution in [1.82, 2.24) is 0 Å². The molecule has 0 saturated carbocycles. The van der Waals surface area contributed by atoms with E-state index in [9.17, 15) is 5.11 Å². The van der Waals surface area contributed by atoms with Crippen molar-refractivity contribution in [3.05, 3.63) is 77.9 Å². The van der Waals surface area contributed by atoms with Gasteiger partial charge in [0.15, 0.2) is 0 Å². The van der Waals surface area contributed by atoms with Crippen LogP contribution in [0.1, 0.15) is 40.2 Å². The number of hydrogen-bond acceptors (Lipinski definition) is 1. The van der Waals surface area contributed by atoms with Crippen LogP contribution in [0, 0.1) is 0 Å². The van der Waals surface area contributed by atoms with E-state index in [2.05, 4.69) is 95.3 Å². The van der Waals surface area contributed by atoms with E-state index < -0.39 is 7.92 Å². The Hall–Kier alpha value is -1.85. The van der Waals surface area contributed by atoms with Crippen LogP contribution < -0.4 is 10.6 Å². The molecule has 1 nitrogen and oxygen atoms in total. The van der Waals surface area contributed by atoms with Gasteiger partial charge in [0.25, 0.3) is 0 Å². The molecule has 0 aromatic heterocycles. The second-order valence-corrected chi connectivity index (χ2v) is 10.5. The maximum atomic E-state index is 11.2. The molecule has 3 rings (SSSR count). The van der Waals surface area contributed by atoms with Gasteiger partial charge in [0.2, 0.25) is 0 Å². The van der Waals surface area contributed by atoms with E-state index in [1.54, 1.807) is 0 Å². The van der Waals surface area contributed by atoms with Crippen molar-refractivity contribution < 1.29 is 5.11 Å². The Bertz CT molecular complexity index is 827. The average Bonchev–Trinajstić information content (AvgIpc) is 2.89. The lowest BCUT2D eigenvalue weighted by molar-refractivity contribution is 0.451. The average molecular weight is 350 g/mol. The van der Waals surface area contributed by atoms with Gasteiger partial charge in [0.05, 0.1) is 0 Å². The Balaban J connectivity index is 2.25. The first-order chi connectivity index (χ1) is 11.7. The maximum absolute atomic E-state index is 11.2. The highest BCUT2D eigenvalue weighted by Crippen LogP contribution is 2.56. The van der Waals surface area contributed by atoms with Crippen LogP contribution in [0.5, 0.6) is 5.75 Å². The van der Waals surface area contributed by atoms with Crippen LogP contribution in [0.15, 0.2) is 72.3 Å². The first-order valence-corrected chi connectivity index (χ1v) is 10.1. The van der Waals surface area contributed by atoms with E-state index in [0.717, 1.165) is 10.9 Å². The minimum absolute atomic E-state index is 0.0787. The molecule has 0 amide bonds. The summed E-state index contributed by atoms with van der Waals surface area (Å²) in [4.78, 5) is 0. The number of rotatable bonds is 3. The summed E-state index contributed by atoms with van der Waals surface area (Å²) in [6.45, 7) is 10.9. The summed E-state index contributed by atoms with van der Waals surface area (Å²) in [5.74, 6) is 0.458. The summed E-state index contributed by atoms with van der Waals surface area (Å²) in [7, 11) is -0.763.